The Bertz CT molecular complexity index is 494. The van der Waals surface area contributed by atoms with Gasteiger partial charge in [-0.2, -0.15) is 0 Å². The molecule has 128 valence electrons. The zero-order chi connectivity index (χ0) is 17.1. The van der Waals surface area contributed by atoms with Crippen molar-refractivity contribution in [3.8, 4) is 0 Å². The third-order valence-electron chi connectivity index (χ3n) is 3.34. The number of nitrogens with two attached hydrogens (primary N) is 1. The fraction of sp³-hybridized carbons (Fsp3) is 0.500. The van der Waals surface area contributed by atoms with E-state index in [1.165, 1.54) is 0 Å². The summed E-state index contributed by atoms with van der Waals surface area (Å²) in [6.45, 7) is 1.24. The molecule has 1 aromatic rings. The van der Waals surface area contributed by atoms with E-state index in [9.17, 15) is 14.7 Å². The molecule has 0 aliphatic heterocycles. The molecule has 1 aromatic carbocycles. The van der Waals surface area contributed by atoms with Crippen molar-refractivity contribution in [2.45, 2.75) is 38.1 Å². The predicted molar refractivity (Wildman–Crippen MR) is 91.6 cm³/mol. The van der Waals surface area contributed by atoms with E-state index in [1.807, 2.05) is 0 Å². The Morgan fingerprint density at radius 1 is 1.13 bits per heavy atom. The van der Waals surface area contributed by atoms with Gasteiger partial charge in [-0.05, 0) is 50.2 Å². The highest BCUT2D eigenvalue weighted by Gasteiger charge is 2.20. The minimum atomic E-state index is -1.03. The number of amides is 1. The van der Waals surface area contributed by atoms with Gasteiger partial charge >= 0.3 is 5.97 Å². The van der Waals surface area contributed by atoms with E-state index in [0.717, 1.165) is 25.7 Å². The van der Waals surface area contributed by atoms with E-state index in [0.29, 0.717) is 23.8 Å². The van der Waals surface area contributed by atoms with Gasteiger partial charge in [-0.15, -0.1) is 0 Å². The molecule has 0 aliphatic carbocycles. The van der Waals surface area contributed by atoms with E-state index in [4.69, 9.17) is 17.3 Å². The molecule has 1 rings (SSSR count). The highest BCUT2D eigenvalue weighted by atomic mass is 35.5. The van der Waals surface area contributed by atoms with Gasteiger partial charge in [0.25, 0.3) is 0 Å². The molecule has 0 heterocycles. The average molecular weight is 342 g/mol. The molecular weight excluding hydrogens is 318 g/mol. The van der Waals surface area contributed by atoms with Crippen LogP contribution >= 0.6 is 11.6 Å². The zero-order valence-corrected chi connectivity index (χ0v) is 13.8. The van der Waals surface area contributed by atoms with E-state index >= 15 is 0 Å². The van der Waals surface area contributed by atoms with Gasteiger partial charge < -0.3 is 21.5 Å². The first kappa shape index (κ1) is 19.4. The minimum Gasteiger partial charge on any atom is -0.480 e. The van der Waals surface area contributed by atoms with Crippen LogP contribution in [0, 0.1) is 0 Å². The summed E-state index contributed by atoms with van der Waals surface area (Å²) in [6.07, 6.45) is 3.75. The monoisotopic (exact) mass is 341 g/mol. The number of carbonyl (C=O) groups is 2. The van der Waals surface area contributed by atoms with Gasteiger partial charge in [-0.3, -0.25) is 9.59 Å². The van der Waals surface area contributed by atoms with Crippen molar-refractivity contribution >= 4 is 29.2 Å². The molecule has 0 spiro atoms. The Kier molecular flexibility index (Phi) is 9.28. The molecule has 0 fully saturated rings. The maximum absolute atomic E-state index is 11.9. The Morgan fingerprint density at radius 2 is 1.78 bits per heavy atom. The number of unbranched alkanes of at least 4 members (excludes halogenated alkanes) is 3. The molecule has 0 saturated heterocycles. The summed E-state index contributed by atoms with van der Waals surface area (Å²) in [6, 6.07) is 5.76. The topological polar surface area (TPSA) is 104 Å². The summed E-state index contributed by atoms with van der Waals surface area (Å²) in [5.41, 5.74) is 6.00. The molecule has 0 aliphatic rings. The third kappa shape index (κ3) is 8.54. The highest BCUT2D eigenvalue weighted by Crippen LogP contribution is 2.13. The van der Waals surface area contributed by atoms with Crippen LogP contribution < -0.4 is 16.4 Å². The lowest BCUT2D eigenvalue weighted by Crippen LogP contribution is -2.40. The lowest BCUT2D eigenvalue weighted by molar-refractivity contribution is -0.141. The number of rotatable bonds is 11. The van der Waals surface area contributed by atoms with Crippen LogP contribution in [-0.2, 0) is 9.59 Å². The summed E-state index contributed by atoms with van der Waals surface area (Å²) in [4.78, 5) is 23.1. The maximum Gasteiger partial charge on any atom is 0.321 e. The summed E-state index contributed by atoms with van der Waals surface area (Å²) in [5, 5.41) is 15.3. The Morgan fingerprint density at radius 3 is 2.39 bits per heavy atom. The first-order chi connectivity index (χ1) is 11.0. The van der Waals surface area contributed by atoms with Crippen LogP contribution in [0.2, 0.25) is 5.02 Å². The second kappa shape index (κ2) is 11.0. The molecule has 1 amide bonds. The molecule has 0 aromatic heterocycles. The number of carbonyl (C=O) groups excluding carboxylic acids is 1. The second-order valence-electron chi connectivity index (χ2n) is 5.31. The van der Waals surface area contributed by atoms with Crippen molar-refractivity contribution < 1.29 is 14.7 Å². The fourth-order valence-corrected chi connectivity index (χ4v) is 2.20. The number of benzene rings is 1. The van der Waals surface area contributed by atoms with Gasteiger partial charge in [-0.25, -0.2) is 0 Å². The van der Waals surface area contributed by atoms with Crippen molar-refractivity contribution in [3.05, 3.63) is 29.3 Å². The van der Waals surface area contributed by atoms with E-state index in [1.54, 1.807) is 24.3 Å². The summed E-state index contributed by atoms with van der Waals surface area (Å²) in [5.74, 6) is -1.38. The molecular formula is C16H24ClN3O3. The van der Waals surface area contributed by atoms with Crippen LogP contribution in [0.25, 0.3) is 0 Å². The smallest absolute Gasteiger partial charge is 0.321 e. The summed E-state index contributed by atoms with van der Waals surface area (Å²) >= 11 is 5.77. The number of carboxylic acids is 1. The van der Waals surface area contributed by atoms with Crippen molar-refractivity contribution in [2.75, 3.05) is 18.4 Å². The molecule has 1 atom stereocenters. The van der Waals surface area contributed by atoms with Crippen LogP contribution in [0.1, 0.15) is 32.1 Å². The molecule has 6 nitrogen and oxygen atoms in total. The lowest BCUT2D eigenvalue weighted by atomic mass is 10.1. The SMILES string of the molecule is NCCCCCCN[C@@H](CC(=O)Nc1ccc(Cl)cc1)C(=O)O. The number of aliphatic carboxylic acids is 1. The number of hydrogen-bond acceptors (Lipinski definition) is 4. The number of carboxylic acid groups (broad SMARTS) is 1. The highest BCUT2D eigenvalue weighted by molar-refractivity contribution is 6.30. The van der Waals surface area contributed by atoms with Gasteiger partial charge in [0.2, 0.25) is 5.91 Å². The first-order valence-electron chi connectivity index (χ1n) is 7.74. The predicted octanol–water partition coefficient (Wildman–Crippen LogP) is 2.23. The number of nitrogens with one attached hydrogen (secondary N) is 2. The molecule has 0 unspecified atom stereocenters. The summed E-state index contributed by atoms with van der Waals surface area (Å²) < 4.78 is 0. The second-order valence-corrected chi connectivity index (χ2v) is 5.74. The van der Waals surface area contributed by atoms with E-state index in [-0.39, 0.29) is 12.3 Å². The van der Waals surface area contributed by atoms with Crippen molar-refractivity contribution in [3.63, 3.8) is 0 Å². The molecule has 23 heavy (non-hydrogen) atoms. The Hall–Kier alpha value is -1.63. The van der Waals surface area contributed by atoms with Gasteiger partial charge in [-0.1, -0.05) is 24.4 Å². The van der Waals surface area contributed by atoms with Gasteiger partial charge in [0.1, 0.15) is 6.04 Å². The van der Waals surface area contributed by atoms with Crippen LogP contribution in [0.3, 0.4) is 0 Å². The normalized spacial score (nSPS) is 11.9. The zero-order valence-electron chi connectivity index (χ0n) is 13.1. The van der Waals surface area contributed by atoms with E-state index in [2.05, 4.69) is 10.6 Å². The minimum absolute atomic E-state index is 0.124. The Labute approximate surface area is 141 Å². The van der Waals surface area contributed by atoms with Gasteiger partial charge in [0.15, 0.2) is 0 Å². The molecule has 0 saturated carbocycles. The van der Waals surface area contributed by atoms with Crippen LogP contribution in [0.5, 0.6) is 0 Å². The summed E-state index contributed by atoms with van der Waals surface area (Å²) in [7, 11) is 0. The lowest BCUT2D eigenvalue weighted by Gasteiger charge is -2.14. The maximum atomic E-state index is 11.9. The van der Waals surface area contributed by atoms with Crippen LogP contribution in [-0.4, -0.2) is 36.1 Å². The standard InChI is InChI=1S/C16H24ClN3O3/c17-12-5-7-13(8-6-12)20-15(21)11-14(16(22)23)19-10-4-2-1-3-9-18/h5-8,14,19H,1-4,9-11,18H2,(H,20,21)(H,22,23)/t14-/m0/s1. The quantitative estimate of drug-likeness (QED) is 0.462. The number of halogens is 1. The van der Waals surface area contributed by atoms with Crippen LogP contribution in [0.15, 0.2) is 24.3 Å². The first-order valence-corrected chi connectivity index (χ1v) is 8.12. The largest absolute Gasteiger partial charge is 0.480 e. The van der Waals surface area contributed by atoms with Gasteiger partial charge in [0, 0.05) is 10.7 Å². The van der Waals surface area contributed by atoms with Crippen molar-refractivity contribution in [1.29, 1.82) is 0 Å². The van der Waals surface area contributed by atoms with Crippen molar-refractivity contribution in [2.24, 2.45) is 5.73 Å². The van der Waals surface area contributed by atoms with E-state index < -0.39 is 12.0 Å². The fourth-order valence-electron chi connectivity index (χ4n) is 2.08. The van der Waals surface area contributed by atoms with Crippen molar-refractivity contribution in [1.82, 2.24) is 5.32 Å². The average Bonchev–Trinajstić information content (AvgIpc) is 2.51. The molecule has 7 heteroatoms. The molecule has 0 bridgehead atoms. The Balaban J connectivity index is 2.35. The number of hydrogen-bond donors (Lipinski definition) is 4. The van der Waals surface area contributed by atoms with Crippen LogP contribution in [0.4, 0.5) is 5.69 Å². The third-order valence-corrected chi connectivity index (χ3v) is 3.59. The number of anilines is 1. The molecule has 5 N–H and O–H groups in total. The van der Waals surface area contributed by atoms with Gasteiger partial charge in [0.05, 0.1) is 6.42 Å². The molecule has 0 radical (unpaired) electrons.